The zero-order valence-electron chi connectivity index (χ0n) is 14.8. The molecule has 1 saturated heterocycles. The highest BCUT2D eigenvalue weighted by Crippen LogP contribution is 2.26. The highest BCUT2D eigenvalue weighted by Gasteiger charge is 2.23. The molecular weight excluding hydrogens is 328 g/mol. The second kappa shape index (κ2) is 7.57. The zero-order valence-corrected chi connectivity index (χ0v) is 14.8. The summed E-state index contributed by atoms with van der Waals surface area (Å²) in [6.07, 6.45) is 13.1. The average molecular weight is 350 g/mol. The lowest BCUT2D eigenvalue weighted by atomic mass is 9.95. The number of hydrogen-bond acceptors (Lipinski definition) is 7. The predicted octanol–water partition coefficient (Wildman–Crippen LogP) is 2.12. The van der Waals surface area contributed by atoms with E-state index in [1.54, 1.807) is 24.7 Å². The van der Waals surface area contributed by atoms with Gasteiger partial charge in [-0.05, 0) is 25.5 Å². The largest absolute Gasteiger partial charge is 0.337 e. The SMILES string of the molecule is Cn1ccnc1CN1CCC[C@@H](c2cnc(Nc3ncccn3)cn2)C1. The molecule has 8 nitrogen and oxygen atoms in total. The summed E-state index contributed by atoms with van der Waals surface area (Å²) >= 11 is 0. The molecule has 3 aromatic rings. The van der Waals surface area contributed by atoms with E-state index in [0.29, 0.717) is 17.7 Å². The van der Waals surface area contributed by atoms with E-state index in [-0.39, 0.29) is 0 Å². The van der Waals surface area contributed by atoms with Crippen LogP contribution in [0.3, 0.4) is 0 Å². The molecule has 0 amide bonds. The van der Waals surface area contributed by atoms with Crippen LogP contribution < -0.4 is 5.32 Å². The van der Waals surface area contributed by atoms with Crippen LogP contribution >= 0.6 is 0 Å². The van der Waals surface area contributed by atoms with E-state index in [9.17, 15) is 0 Å². The lowest BCUT2D eigenvalue weighted by molar-refractivity contribution is 0.192. The van der Waals surface area contributed by atoms with Gasteiger partial charge in [0.1, 0.15) is 5.82 Å². The van der Waals surface area contributed by atoms with Crippen molar-refractivity contribution in [2.24, 2.45) is 7.05 Å². The van der Waals surface area contributed by atoms with Gasteiger partial charge in [0.2, 0.25) is 5.95 Å². The molecule has 0 aromatic carbocycles. The number of hydrogen-bond donors (Lipinski definition) is 1. The van der Waals surface area contributed by atoms with E-state index >= 15 is 0 Å². The quantitative estimate of drug-likeness (QED) is 0.754. The molecule has 0 spiro atoms. The van der Waals surface area contributed by atoms with Crippen LogP contribution in [-0.4, -0.2) is 47.5 Å². The van der Waals surface area contributed by atoms with Gasteiger partial charge in [0.25, 0.3) is 0 Å². The summed E-state index contributed by atoms with van der Waals surface area (Å²) in [5.74, 6) is 2.67. The Morgan fingerprint density at radius 1 is 1.08 bits per heavy atom. The van der Waals surface area contributed by atoms with Gasteiger partial charge in [-0.3, -0.25) is 9.88 Å². The Labute approximate surface area is 152 Å². The minimum absolute atomic E-state index is 0.401. The van der Waals surface area contributed by atoms with Gasteiger partial charge in [0.15, 0.2) is 5.82 Å². The summed E-state index contributed by atoms with van der Waals surface area (Å²) in [6, 6.07) is 1.78. The van der Waals surface area contributed by atoms with Crippen molar-refractivity contribution in [2.45, 2.75) is 25.3 Å². The molecule has 4 rings (SSSR count). The highest BCUT2D eigenvalue weighted by atomic mass is 15.2. The first-order valence-electron chi connectivity index (χ1n) is 8.82. The van der Waals surface area contributed by atoms with Gasteiger partial charge in [-0.25, -0.2) is 19.9 Å². The number of nitrogens with zero attached hydrogens (tertiary/aromatic N) is 7. The number of imidazole rings is 1. The fourth-order valence-electron chi connectivity index (χ4n) is 3.28. The van der Waals surface area contributed by atoms with Crippen molar-refractivity contribution in [1.82, 2.24) is 34.4 Å². The number of rotatable bonds is 5. The van der Waals surface area contributed by atoms with Crippen molar-refractivity contribution in [2.75, 3.05) is 18.4 Å². The maximum Gasteiger partial charge on any atom is 0.228 e. The van der Waals surface area contributed by atoms with E-state index in [4.69, 9.17) is 0 Å². The number of anilines is 2. The number of likely N-dealkylation sites (tertiary alicyclic amines) is 1. The van der Waals surface area contributed by atoms with Crippen molar-refractivity contribution in [3.8, 4) is 0 Å². The predicted molar refractivity (Wildman–Crippen MR) is 97.8 cm³/mol. The summed E-state index contributed by atoms with van der Waals surface area (Å²) < 4.78 is 2.08. The molecule has 0 unspecified atom stereocenters. The van der Waals surface area contributed by atoms with Gasteiger partial charge in [0.05, 0.1) is 24.6 Å². The van der Waals surface area contributed by atoms with Crippen molar-refractivity contribution in [3.05, 3.63) is 54.8 Å². The Morgan fingerprint density at radius 2 is 1.96 bits per heavy atom. The van der Waals surface area contributed by atoms with Gasteiger partial charge in [-0.2, -0.15) is 0 Å². The van der Waals surface area contributed by atoms with Crippen molar-refractivity contribution in [1.29, 1.82) is 0 Å². The van der Waals surface area contributed by atoms with Crippen LogP contribution in [0.1, 0.15) is 30.3 Å². The number of piperidine rings is 1. The topological polar surface area (TPSA) is 84.7 Å². The fraction of sp³-hybridized carbons (Fsp3) is 0.389. The molecule has 0 aliphatic carbocycles. The van der Waals surface area contributed by atoms with Gasteiger partial charge in [0, 0.05) is 44.3 Å². The number of aryl methyl sites for hydroxylation is 1. The monoisotopic (exact) mass is 350 g/mol. The minimum atomic E-state index is 0.401. The standard InChI is InChI=1S/C18H22N8/c1-25-9-7-19-17(25)13-26-8-2-4-14(12-26)15-10-23-16(11-22-15)24-18-20-5-3-6-21-18/h3,5-7,9-11,14H,2,4,8,12-13H2,1H3,(H,20,21,23,24)/t14-/m1/s1. The number of nitrogens with one attached hydrogen (secondary N) is 1. The Bertz CT molecular complexity index is 830. The van der Waals surface area contributed by atoms with E-state index in [2.05, 4.69) is 39.7 Å². The maximum absolute atomic E-state index is 4.62. The summed E-state index contributed by atoms with van der Waals surface area (Å²) in [5.41, 5.74) is 1.04. The summed E-state index contributed by atoms with van der Waals surface area (Å²) in [6.45, 7) is 2.95. The van der Waals surface area contributed by atoms with E-state index in [1.165, 1.54) is 0 Å². The lowest BCUT2D eigenvalue weighted by Crippen LogP contribution is -2.35. The third kappa shape index (κ3) is 3.85. The molecule has 0 radical (unpaired) electrons. The smallest absolute Gasteiger partial charge is 0.228 e. The first-order valence-corrected chi connectivity index (χ1v) is 8.82. The second-order valence-electron chi connectivity index (χ2n) is 6.55. The summed E-state index contributed by atoms with van der Waals surface area (Å²) in [4.78, 5) is 24.2. The molecule has 1 aliphatic heterocycles. The second-order valence-corrected chi connectivity index (χ2v) is 6.55. The number of aromatic nitrogens is 6. The van der Waals surface area contributed by atoms with Gasteiger partial charge in [-0.15, -0.1) is 0 Å². The Kier molecular flexibility index (Phi) is 4.83. The van der Waals surface area contributed by atoms with Gasteiger partial charge >= 0.3 is 0 Å². The van der Waals surface area contributed by atoms with Gasteiger partial charge in [-0.1, -0.05) is 0 Å². The van der Waals surface area contributed by atoms with Crippen LogP contribution in [-0.2, 0) is 13.6 Å². The summed E-state index contributed by atoms with van der Waals surface area (Å²) in [7, 11) is 2.04. The molecular formula is C18H22N8. The Balaban J connectivity index is 1.39. The molecule has 134 valence electrons. The van der Waals surface area contributed by atoms with Crippen LogP contribution in [0, 0.1) is 0 Å². The third-order valence-electron chi connectivity index (χ3n) is 4.69. The Hall–Kier alpha value is -2.87. The molecule has 0 bridgehead atoms. The molecule has 4 heterocycles. The van der Waals surface area contributed by atoms with Crippen molar-refractivity contribution < 1.29 is 0 Å². The first-order chi connectivity index (χ1) is 12.8. The minimum Gasteiger partial charge on any atom is -0.337 e. The third-order valence-corrected chi connectivity index (χ3v) is 4.69. The van der Waals surface area contributed by atoms with Crippen molar-refractivity contribution >= 4 is 11.8 Å². The molecule has 8 heteroatoms. The van der Waals surface area contributed by atoms with Crippen LogP contribution in [0.5, 0.6) is 0 Å². The summed E-state index contributed by atoms with van der Waals surface area (Å²) in [5, 5.41) is 3.06. The first kappa shape index (κ1) is 16.6. The van der Waals surface area contributed by atoms with Crippen LogP contribution in [0.4, 0.5) is 11.8 Å². The fourth-order valence-corrected chi connectivity index (χ4v) is 3.28. The normalized spacial score (nSPS) is 18.0. The maximum atomic E-state index is 4.62. The average Bonchev–Trinajstić information content (AvgIpc) is 3.08. The van der Waals surface area contributed by atoms with E-state index in [0.717, 1.165) is 44.0 Å². The molecule has 26 heavy (non-hydrogen) atoms. The highest BCUT2D eigenvalue weighted by molar-refractivity contribution is 5.45. The van der Waals surface area contributed by atoms with Crippen LogP contribution in [0.25, 0.3) is 0 Å². The van der Waals surface area contributed by atoms with Crippen LogP contribution in [0.2, 0.25) is 0 Å². The molecule has 1 N–H and O–H groups in total. The molecule has 0 saturated carbocycles. The van der Waals surface area contributed by atoms with Gasteiger partial charge < -0.3 is 9.88 Å². The lowest BCUT2D eigenvalue weighted by Gasteiger charge is -2.32. The molecule has 1 aliphatic rings. The van der Waals surface area contributed by atoms with Crippen LogP contribution in [0.15, 0.2) is 43.2 Å². The van der Waals surface area contributed by atoms with Crippen molar-refractivity contribution in [3.63, 3.8) is 0 Å². The Morgan fingerprint density at radius 3 is 2.69 bits per heavy atom. The molecule has 1 atom stereocenters. The van der Waals surface area contributed by atoms with E-state index in [1.807, 2.05) is 25.6 Å². The van der Waals surface area contributed by atoms with E-state index < -0.39 is 0 Å². The molecule has 3 aromatic heterocycles. The molecule has 1 fully saturated rings. The zero-order chi connectivity index (χ0) is 17.8.